The molecule has 190 valence electrons. The van der Waals surface area contributed by atoms with Crippen LogP contribution in [0.3, 0.4) is 0 Å². The number of hydrogen-bond acceptors (Lipinski definition) is 3. The molecule has 36 heavy (non-hydrogen) atoms. The number of aryl methyl sites for hydroxylation is 2. The highest BCUT2D eigenvalue weighted by molar-refractivity contribution is 6.32. The molecule has 0 aromatic heterocycles. The molecule has 2 amide bonds. The first-order valence-corrected chi connectivity index (χ1v) is 12.7. The number of carbonyl (C=O) groups excluding carboxylic acids is 2. The van der Waals surface area contributed by atoms with E-state index < -0.39 is 6.04 Å². The first-order valence-electron chi connectivity index (χ1n) is 12.3. The number of nitrogens with one attached hydrogen (secondary N) is 1. The van der Waals surface area contributed by atoms with Gasteiger partial charge in [-0.1, -0.05) is 86.1 Å². The smallest absolute Gasteiger partial charge is 0.261 e. The Kier molecular flexibility index (Phi) is 9.95. The van der Waals surface area contributed by atoms with Gasteiger partial charge >= 0.3 is 0 Å². The molecule has 0 spiro atoms. The third-order valence-corrected chi connectivity index (χ3v) is 6.52. The molecule has 0 fully saturated rings. The standard InChI is InChI=1S/C30H35ClN2O3/c1-21(2)18-32-30(35)27(17-24-11-7-5-8-12-24)33(19-25-13-9-6-10-14-25)28(34)20-36-26-15-22(3)29(31)23(4)16-26/h5-16,21,27H,17-20H2,1-4H3,(H,32,35). The van der Waals surface area contributed by atoms with Crippen molar-refractivity contribution in [3.8, 4) is 5.75 Å². The van der Waals surface area contributed by atoms with Crippen LogP contribution in [0.4, 0.5) is 0 Å². The maximum atomic E-state index is 13.6. The predicted octanol–water partition coefficient (Wildman–Crippen LogP) is 5.75. The summed E-state index contributed by atoms with van der Waals surface area (Å²) < 4.78 is 5.90. The van der Waals surface area contributed by atoms with E-state index in [-0.39, 0.29) is 18.4 Å². The van der Waals surface area contributed by atoms with Crippen LogP contribution in [0.5, 0.6) is 5.75 Å². The summed E-state index contributed by atoms with van der Waals surface area (Å²) in [4.78, 5) is 28.7. The molecule has 0 aliphatic carbocycles. The Hall–Kier alpha value is -3.31. The number of hydrogen-bond donors (Lipinski definition) is 1. The van der Waals surface area contributed by atoms with Crippen molar-refractivity contribution in [2.75, 3.05) is 13.2 Å². The molecule has 1 atom stereocenters. The van der Waals surface area contributed by atoms with Crippen LogP contribution >= 0.6 is 11.6 Å². The quantitative estimate of drug-likeness (QED) is 0.360. The van der Waals surface area contributed by atoms with E-state index in [0.29, 0.717) is 36.2 Å². The molecule has 0 saturated heterocycles. The van der Waals surface area contributed by atoms with Gasteiger partial charge in [0.05, 0.1) is 0 Å². The topological polar surface area (TPSA) is 58.6 Å². The monoisotopic (exact) mass is 506 g/mol. The second-order valence-electron chi connectivity index (χ2n) is 9.51. The van der Waals surface area contributed by atoms with Crippen molar-refractivity contribution >= 4 is 23.4 Å². The minimum atomic E-state index is -0.684. The van der Waals surface area contributed by atoms with Crippen molar-refractivity contribution in [1.82, 2.24) is 10.2 Å². The van der Waals surface area contributed by atoms with Gasteiger partial charge in [-0.15, -0.1) is 0 Å². The molecule has 0 heterocycles. The molecule has 0 saturated carbocycles. The van der Waals surface area contributed by atoms with Crippen LogP contribution in [0.2, 0.25) is 5.02 Å². The number of halogens is 1. The van der Waals surface area contributed by atoms with Gasteiger partial charge in [-0.05, 0) is 54.2 Å². The zero-order valence-corrected chi connectivity index (χ0v) is 22.2. The highest BCUT2D eigenvalue weighted by Crippen LogP contribution is 2.26. The summed E-state index contributed by atoms with van der Waals surface area (Å²) in [5.41, 5.74) is 3.70. The molecule has 3 aromatic rings. The summed E-state index contributed by atoms with van der Waals surface area (Å²) in [6.45, 7) is 8.55. The molecule has 0 bridgehead atoms. The Morgan fingerprint density at radius 2 is 1.47 bits per heavy atom. The lowest BCUT2D eigenvalue weighted by Gasteiger charge is -2.31. The minimum Gasteiger partial charge on any atom is -0.484 e. The Balaban J connectivity index is 1.89. The van der Waals surface area contributed by atoms with Crippen molar-refractivity contribution in [3.63, 3.8) is 0 Å². The number of nitrogens with zero attached hydrogens (tertiary/aromatic N) is 1. The van der Waals surface area contributed by atoms with Gasteiger partial charge < -0.3 is 15.0 Å². The van der Waals surface area contributed by atoms with Gasteiger partial charge in [-0.2, -0.15) is 0 Å². The van der Waals surface area contributed by atoms with Crippen LogP contribution in [0.15, 0.2) is 72.8 Å². The third-order valence-electron chi connectivity index (χ3n) is 5.92. The largest absolute Gasteiger partial charge is 0.484 e. The van der Waals surface area contributed by atoms with E-state index >= 15 is 0 Å². The van der Waals surface area contributed by atoms with E-state index in [2.05, 4.69) is 5.32 Å². The number of rotatable bonds is 11. The van der Waals surface area contributed by atoms with Gasteiger partial charge in [0, 0.05) is 24.5 Å². The minimum absolute atomic E-state index is 0.171. The molecule has 3 rings (SSSR count). The molecular weight excluding hydrogens is 472 g/mol. The average Bonchev–Trinajstić information content (AvgIpc) is 2.87. The lowest BCUT2D eigenvalue weighted by molar-refractivity contribution is -0.142. The summed E-state index contributed by atoms with van der Waals surface area (Å²) in [6, 6.07) is 22.4. The second kappa shape index (κ2) is 13.1. The number of amides is 2. The maximum absolute atomic E-state index is 13.6. The van der Waals surface area contributed by atoms with E-state index in [1.807, 2.05) is 100 Å². The van der Waals surface area contributed by atoms with Gasteiger partial charge in [0.15, 0.2) is 6.61 Å². The van der Waals surface area contributed by atoms with Crippen molar-refractivity contribution < 1.29 is 14.3 Å². The first kappa shape index (κ1) is 27.3. The van der Waals surface area contributed by atoms with Gasteiger partial charge in [-0.25, -0.2) is 0 Å². The average molecular weight is 507 g/mol. The van der Waals surface area contributed by atoms with Crippen LogP contribution in [0.1, 0.15) is 36.1 Å². The summed E-state index contributed by atoms with van der Waals surface area (Å²) in [5, 5.41) is 3.71. The van der Waals surface area contributed by atoms with E-state index in [1.165, 1.54) is 0 Å². The SMILES string of the molecule is Cc1cc(OCC(=O)N(Cc2ccccc2)C(Cc2ccccc2)C(=O)NCC(C)C)cc(C)c1Cl. The summed E-state index contributed by atoms with van der Waals surface area (Å²) in [5.74, 6) is 0.440. The normalized spacial score (nSPS) is 11.7. The Bertz CT molecular complexity index is 1130. The van der Waals surface area contributed by atoms with Crippen LogP contribution < -0.4 is 10.1 Å². The Morgan fingerprint density at radius 1 is 0.917 bits per heavy atom. The number of carbonyl (C=O) groups is 2. The van der Waals surface area contributed by atoms with Crippen LogP contribution in [-0.4, -0.2) is 35.9 Å². The molecule has 3 aromatic carbocycles. The number of ether oxygens (including phenoxy) is 1. The third kappa shape index (κ3) is 7.85. The fraction of sp³-hybridized carbons (Fsp3) is 0.333. The van der Waals surface area contributed by atoms with Crippen molar-refractivity contribution in [2.45, 2.75) is 46.7 Å². The Morgan fingerprint density at radius 3 is 2.03 bits per heavy atom. The second-order valence-corrected chi connectivity index (χ2v) is 9.89. The highest BCUT2D eigenvalue weighted by Gasteiger charge is 2.30. The van der Waals surface area contributed by atoms with Gasteiger partial charge in [-0.3, -0.25) is 9.59 Å². The fourth-order valence-electron chi connectivity index (χ4n) is 3.97. The Labute approximate surface area is 219 Å². The van der Waals surface area contributed by atoms with E-state index in [4.69, 9.17) is 16.3 Å². The van der Waals surface area contributed by atoms with Crippen LogP contribution in [0.25, 0.3) is 0 Å². The van der Waals surface area contributed by atoms with E-state index in [1.54, 1.807) is 4.90 Å². The maximum Gasteiger partial charge on any atom is 0.261 e. The summed E-state index contributed by atoms with van der Waals surface area (Å²) >= 11 is 6.28. The summed E-state index contributed by atoms with van der Waals surface area (Å²) in [7, 11) is 0. The van der Waals surface area contributed by atoms with Gasteiger partial charge in [0.1, 0.15) is 11.8 Å². The predicted molar refractivity (Wildman–Crippen MR) is 145 cm³/mol. The van der Waals surface area contributed by atoms with Crippen molar-refractivity contribution in [2.24, 2.45) is 5.92 Å². The van der Waals surface area contributed by atoms with E-state index in [9.17, 15) is 9.59 Å². The zero-order chi connectivity index (χ0) is 26.1. The molecule has 5 nitrogen and oxygen atoms in total. The highest BCUT2D eigenvalue weighted by atomic mass is 35.5. The fourth-order valence-corrected chi connectivity index (χ4v) is 4.08. The summed E-state index contributed by atoms with van der Waals surface area (Å²) in [6.07, 6.45) is 0.405. The lowest BCUT2D eigenvalue weighted by Crippen LogP contribution is -2.52. The number of benzene rings is 3. The molecule has 6 heteroatoms. The van der Waals surface area contributed by atoms with Crippen molar-refractivity contribution in [3.05, 3.63) is 100 Å². The molecule has 0 aliphatic rings. The van der Waals surface area contributed by atoms with Gasteiger partial charge in [0.2, 0.25) is 5.91 Å². The van der Waals surface area contributed by atoms with Crippen LogP contribution in [0, 0.1) is 19.8 Å². The lowest BCUT2D eigenvalue weighted by atomic mass is 10.0. The zero-order valence-electron chi connectivity index (χ0n) is 21.5. The van der Waals surface area contributed by atoms with Crippen molar-refractivity contribution in [1.29, 1.82) is 0 Å². The molecule has 1 N–H and O–H groups in total. The molecular formula is C30H35ClN2O3. The molecule has 1 unspecified atom stereocenters. The van der Waals surface area contributed by atoms with Gasteiger partial charge in [0.25, 0.3) is 5.91 Å². The van der Waals surface area contributed by atoms with Crippen LogP contribution in [-0.2, 0) is 22.6 Å². The van der Waals surface area contributed by atoms with E-state index in [0.717, 1.165) is 22.3 Å². The molecule has 0 aliphatic heterocycles. The first-order chi connectivity index (χ1) is 17.2. The molecule has 0 radical (unpaired) electrons.